The summed E-state index contributed by atoms with van der Waals surface area (Å²) in [6, 6.07) is 8.23. The van der Waals surface area contributed by atoms with Gasteiger partial charge in [-0.15, -0.1) is 0 Å². The SMILES string of the molecule is CC(C)NC(=O)CN1CCN(Cc2ccc(Cl)cc2)CC1. The van der Waals surface area contributed by atoms with Crippen molar-refractivity contribution in [2.45, 2.75) is 26.4 Å². The summed E-state index contributed by atoms with van der Waals surface area (Å²) >= 11 is 5.90. The standard InChI is InChI=1S/C16H24ClN3O/c1-13(2)18-16(21)12-20-9-7-19(8-10-20)11-14-3-5-15(17)6-4-14/h3-6,13H,7-12H2,1-2H3,(H,18,21). The van der Waals surface area contributed by atoms with E-state index in [-0.39, 0.29) is 11.9 Å². The van der Waals surface area contributed by atoms with Crippen molar-refractivity contribution < 1.29 is 4.79 Å². The molecule has 4 nitrogen and oxygen atoms in total. The van der Waals surface area contributed by atoms with E-state index >= 15 is 0 Å². The van der Waals surface area contributed by atoms with Crippen LogP contribution >= 0.6 is 11.6 Å². The van der Waals surface area contributed by atoms with Crippen LogP contribution in [0.2, 0.25) is 5.02 Å². The van der Waals surface area contributed by atoms with Gasteiger partial charge < -0.3 is 5.32 Å². The Morgan fingerprint density at radius 2 is 1.71 bits per heavy atom. The zero-order valence-corrected chi connectivity index (χ0v) is 13.6. The van der Waals surface area contributed by atoms with Gasteiger partial charge in [-0.25, -0.2) is 0 Å². The van der Waals surface area contributed by atoms with Gasteiger partial charge in [-0.2, -0.15) is 0 Å². The highest BCUT2D eigenvalue weighted by Crippen LogP contribution is 2.12. The fourth-order valence-corrected chi connectivity index (χ4v) is 2.65. The number of piperazine rings is 1. The summed E-state index contributed by atoms with van der Waals surface area (Å²) in [5.74, 6) is 0.121. The Kier molecular flexibility index (Phi) is 6.03. The van der Waals surface area contributed by atoms with Crippen molar-refractivity contribution in [3.05, 3.63) is 34.9 Å². The molecule has 1 saturated heterocycles. The number of hydrogen-bond acceptors (Lipinski definition) is 3. The van der Waals surface area contributed by atoms with Crippen LogP contribution in [0.25, 0.3) is 0 Å². The molecule has 1 fully saturated rings. The molecule has 0 atom stereocenters. The third-order valence-electron chi connectivity index (χ3n) is 3.60. The number of nitrogens with zero attached hydrogens (tertiary/aromatic N) is 2. The van der Waals surface area contributed by atoms with E-state index in [1.54, 1.807) is 0 Å². The summed E-state index contributed by atoms with van der Waals surface area (Å²) in [4.78, 5) is 16.4. The van der Waals surface area contributed by atoms with Crippen LogP contribution in [0.3, 0.4) is 0 Å². The Hall–Kier alpha value is -1.10. The van der Waals surface area contributed by atoms with Gasteiger partial charge in [-0.1, -0.05) is 23.7 Å². The number of halogens is 1. The lowest BCUT2D eigenvalue weighted by atomic mass is 10.2. The summed E-state index contributed by atoms with van der Waals surface area (Å²) in [5.41, 5.74) is 1.28. The molecule has 1 heterocycles. The summed E-state index contributed by atoms with van der Waals surface area (Å²) in [7, 11) is 0. The van der Waals surface area contributed by atoms with E-state index in [4.69, 9.17) is 11.6 Å². The normalized spacial score (nSPS) is 17.1. The van der Waals surface area contributed by atoms with Crippen molar-refractivity contribution in [3.63, 3.8) is 0 Å². The van der Waals surface area contributed by atoms with Crippen molar-refractivity contribution in [2.24, 2.45) is 0 Å². The summed E-state index contributed by atoms with van der Waals surface area (Å²) < 4.78 is 0. The molecule has 116 valence electrons. The Bertz CT molecular complexity index is 453. The average molecular weight is 310 g/mol. The average Bonchev–Trinajstić information content (AvgIpc) is 2.42. The molecule has 0 unspecified atom stereocenters. The molecule has 5 heteroatoms. The van der Waals surface area contributed by atoms with Crippen LogP contribution in [0.5, 0.6) is 0 Å². The van der Waals surface area contributed by atoms with E-state index in [1.165, 1.54) is 5.56 Å². The van der Waals surface area contributed by atoms with Gasteiger partial charge in [0.15, 0.2) is 0 Å². The van der Waals surface area contributed by atoms with Crippen molar-refractivity contribution in [1.82, 2.24) is 15.1 Å². The molecule has 0 aliphatic carbocycles. The summed E-state index contributed by atoms with van der Waals surface area (Å²) in [6.45, 7) is 9.31. The van der Waals surface area contributed by atoms with Crippen LogP contribution in [0, 0.1) is 0 Å². The van der Waals surface area contributed by atoms with Crippen LogP contribution in [-0.2, 0) is 11.3 Å². The molecular formula is C16H24ClN3O. The Morgan fingerprint density at radius 1 is 1.14 bits per heavy atom. The van der Waals surface area contributed by atoms with Crippen LogP contribution in [0.1, 0.15) is 19.4 Å². The Balaban J connectivity index is 1.73. The predicted molar refractivity (Wildman–Crippen MR) is 86.4 cm³/mol. The molecule has 0 radical (unpaired) electrons. The second-order valence-electron chi connectivity index (χ2n) is 5.90. The first kappa shape index (κ1) is 16.3. The highest BCUT2D eigenvalue weighted by molar-refractivity contribution is 6.30. The molecule has 0 spiro atoms. The lowest BCUT2D eigenvalue weighted by molar-refractivity contribution is -0.123. The van der Waals surface area contributed by atoms with Gasteiger partial charge in [0.1, 0.15) is 0 Å². The summed E-state index contributed by atoms with van der Waals surface area (Å²) in [5, 5.41) is 3.72. The number of benzene rings is 1. The molecular weight excluding hydrogens is 286 g/mol. The van der Waals surface area contributed by atoms with E-state index < -0.39 is 0 Å². The number of carbonyl (C=O) groups excluding carboxylic acids is 1. The first-order valence-electron chi connectivity index (χ1n) is 7.51. The minimum atomic E-state index is 0.121. The second kappa shape index (κ2) is 7.78. The largest absolute Gasteiger partial charge is 0.353 e. The topological polar surface area (TPSA) is 35.6 Å². The zero-order chi connectivity index (χ0) is 15.2. The van der Waals surface area contributed by atoms with Crippen molar-refractivity contribution in [1.29, 1.82) is 0 Å². The molecule has 21 heavy (non-hydrogen) atoms. The lowest BCUT2D eigenvalue weighted by Crippen LogP contribution is -2.49. The van der Waals surface area contributed by atoms with Gasteiger partial charge >= 0.3 is 0 Å². The predicted octanol–water partition coefficient (Wildman–Crippen LogP) is 1.98. The smallest absolute Gasteiger partial charge is 0.234 e. The molecule has 0 aromatic heterocycles. The quantitative estimate of drug-likeness (QED) is 0.903. The van der Waals surface area contributed by atoms with Crippen molar-refractivity contribution >= 4 is 17.5 Å². The van der Waals surface area contributed by atoms with Crippen LogP contribution < -0.4 is 5.32 Å². The number of hydrogen-bond donors (Lipinski definition) is 1. The molecule has 0 saturated carbocycles. The maximum atomic E-state index is 11.7. The van der Waals surface area contributed by atoms with Gasteiger partial charge in [0, 0.05) is 43.8 Å². The Morgan fingerprint density at radius 3 is 2.29 bits per heavy atom. The van der Waals surface area contributed by atoms with E-state index in [1.807, 2.05) is 26.0 Å². The monoisotopic (exact) mass is 309 g/mol. The van der Waals surface area contributed by atoms with E-state index in [0.717, 1.165) is 37.7 Å². The third-order valence-corrected chi connectivity index (χ3v) is 3.85. The fourth-order valence-electron chi connectivity index (χ4n) is 2.52. The second-order valence-corrected chi connectivity index (χ2v) is 6.34. The summed E-state index contributed by atoms with van der Waals surface area (Å²) in [6.07, 6.45) is 0. The number of rotatable bonds is 5. The van der Waals surface area contributed by atoms with E-state index in [9.17, 15) is 4.79 Å². The highest BCUT2D eigenvalue weighted by Gasteiger charge is 2.19. The molecule has 1 aliphatic heterocycles. The fraction of sp³-hybridized carbons (Fsp3) is 0.562. The van der Waals surface area contributed by atoms with Crippen LogP contribution in [-0.4, -0.2) is 54.5 Å². The first-order valence-corrected chi connectivity index (χ1v) is 7.89. The lowest BCUT2D eigenvalue weighted by Gasteiger charge is -2.34. The van der Waals surface area contributed by atoms with Gasteiger partial charge in [0.25, 0.3) is 0 Å². The van der Waals surface area contributed by atoms with Crippen LogP contribution in [0.15, 0.2) is 24.3 Å². The molecule has 1 aliphatic rings. The Labute approximate surface area is 132 Å². The molecule has 0 bridgehead atoms. The first-order chi connectivity index (χ1) is 10.0. The zero-order valence-electron chi connectivity index (χ0n) is 12.8. The van der Waals surface area contributed by atoms with Crippen molar-refractivity contribution in [3.8, 4) is 0 Å². The third kappa shape index (κ3) is 5.65. The number of nitrogens with one attached hydrogen (secondary N) is 1. The minimum Gasteiger partial charge on any atom is -0.353 e. The van der Waals surface area contributed by atoms with Crippen LogP contribution in [0.4, 0.5) is 0 Å². The van der Waals surface area contributed by atoms with Gasteiger partial charge in [-0.05, 0) is 31.5 Å². The number of amides is 1. The van der Waals surface area contributed by atoms with E-state index in [2.05, 4.69) is 27.2 Å². The van der Waals surface area contributed by atoms with Crippen molar-refractivity contribution in [2.75, 3.05) is 32.7 Å². The van der Waals surface area contributed by atoms with E-state index in [0.29, 0.717) is 6.54 Å². The molecule has 1 aromatic carbocycles. The maximum Gasteiger partial charge on any atom is 0.234 e. The molecule has 1 aromatic rings. The number of carbonyl (C=O) groups is 1. The molecule has 1 N–H and O–H groups in total. The maximum absolute atomic E-state index is 11.7. The molecule has 2 rings (SSSR count). The highest BCUT2D eigenvalue weighted by atomic mass is 35.5. The molecule has 1 amide bonds. The van der Waals surface area contributed by atoms with Gasteiger partial charge in [0.05, 0.1) is 6.54 Å². The minimum absolute atomic E-state index is 0.121. The van der Waals surface area contributed by atoms with Gasteiger partial charge in [-0.3, -0.25) is 14.6 Å². The van der Waals surface area contributed by atoms with Gasteiger partial charge in [0.2, 0.25) is 5.91 Å².